The third-order valence-corrected chi connectivity index (χ3v) is 14.1. The Kier molecular flexibility index (Phi) is 96.8. The average Bonchev–Trinajstić information content (AvgIpc) is 3.66. The second-order valence-corrected chi connectivity index (χ2v) is 22.6. The van der Waals surface area contributed by atoms with Crippen LogP contribution in [-0.4, -0.2) is 368 Å². The molecule has 0 aliphatic heterocycles. The Bertz CT molecular complexity index is 1280. The van der Waals surface area contributed by atoms with Gasteiger partial charge in [0.25, 0.3) is 0 Å². The van der Waals surface area contributed by atoms with Crippen molar-refractivity contribution in [3.8, 4) is 0 Å². The molecule has 0 unspecified atom stereocenters. The normalized spacial score (nSPS) is 11.8. The molecule has 0 rings (SSSR count). The van der Waals surface area contributed by atoms with E-state index in [1.165, 1.54) is 96.3 Å². The van der Waals surface area contributed by atoms with E-state index >= 15 is 0 Å². The molecule has 1 N–H and O–H groups in total. The Labute approximate surface area is 604 Å². The summed E-state index contributed by atoms with van der Waals surface area (Å²) in [6.07, 6.45) is 22.1. The molecule has 0 amide bonds. The van der Waals surface area contributed by atoms with E-state index in [4.69, 9.17) is 133 Å². The molecule has 0 atom stereocenters. The Morgan fingerprint density at radius 2 is 0.200 bits per heavy atom. The second-order valence-electron chi connectivity index (χ2n) is 22.6. The van der Waals surface area contributed by atoms with Crippen LogP contribution in [0.2, 0.25) is 0 Å². The maximum absolute atomic E-state index is 8.62. The van der Waals surface area contributed by atoms with Crippen LogP contribution in [0.4, 0.5) is 0 Å². The summed E-state index contributed by atoms with van der Waals surface area (Å²) < 4.78 is 149. The SMILES string of the molecule is CCCCCCCCCCCCCCCCCCOCCOCCOCCOCCOCCOCCOCCOCCOCCOCCOCCOCCOCCOCCOCCOCCOCCOCCOCCOCCOCCOCCOCCOCCOCCOCCOCCO. The van der Waals surface area contributed by atoms with Gasteiger partial charge in [0.2, 0.25) is 0 Å². The number of hydrogen-bond donors (Lipinski definition) is 1. The van der Waals surface area contributed by atoms with E-state index in [9.17, 15) is 0 Å². The van der Waals surface area contributed by atoms with Crippen LogP contribution in [0.3, 0.4) is 0 Å². The average molecular weight is 1460 g/mol. The Morgan fingerprint density at radius 1 is 0.110 bits per heavy atom. The first-order valence-electron chi connectivity index (χ1n) is 38.1. The maximum atomic E-state index is 8.62. The molecule has 0 radical (unpaired) electrons. The van der Waals surface area contributed by atoms with E-state index in [0.717, 1.165) is 13.0 Å². The van der Waals surface area contributed by atoms with Gasteiger partial charge in [0.05, 0.1) is 357 Å². The van der Waals surface area contributed by atoms with E-state index in [1.807, 2.05) is 0 Å². The third-order valence-electron chi connectivity index (χ3n) is 14.1. The highest BCUT2D eigenvalue weighted by molar-refractivity contribution is 4.51. The van der Waals surface area contributed by atoms with Crippen LogP contribution in [-0.2, 0) is 128 Å². The first-order valence-corrected chi connectivity index (χ1v) is 38.1. The summed E-state index contributed by atoms with van der Waals surface area (Å²) in [5, 5.41) is 8.62. The Balaban J connectivity index is 3.09. The third kappa shape index (κ3) is 96.9. The van der Waals surface area contributed by atoms with Crippen molar-refractivity contribution >= 4 is 0 Å². The van der Waals surface area contributed by atoms with Gasteiger partial charge >= 0.3 is 0 Å². The van der Waals surface area contributed by atoms with Gasteiger partial charge in [0.15, 0.2) is 0 Å². The van der Waals surface area contributed by atoms with Crippen LogP contribution >= 0.6 is 0 Å². The van der Waals surface area contributed by atoms with Gasteiger partial charge in [0, 0.05) is 6.61 Å². The van der Waals surface area contributed by atoms with Crippen molar-refractivity contribution in [2.24, 2.45) is 0 Å². The van der Waals surface area contributed by atoms with Crippen LogP contribution in [0, 0.1) is 0 Å². The standard InChI is InChI=1S/C72H146O28/c1-2-3-4-5-6-7-8-9-10-11-12-13-14-15-16-17-19-74-21-23-76-25-27-78-29-31-80-33-35-82-37-39-84-41-43-86-45-47-88-49-51-90-53-55-92-57-59-94-61-63-96-65-67-98-69-71-100-72-70-99-68-66-97-64-62-95-60-58-93-56-54-91-52-50-89-48-46-87-44-42-85-40-38-83-36-34-81-32-30-79-28-26-77-24-22-75-20-18-73/h73H,2-72H2,1H3. The molecular weight excluding hydrogens is 1310 g/mol. The fourth-order valence-electron chi connectivity index (χ4n) is 8.64. The lowest BCUT2D eigenvalue weighted by Gasteiger charge is -2.09. The molecule has 0 saturated heterocycles. The van der Waals surface area contributed by atoms with Crippen molar-refractivity contribution < 1.29 is 133 Å². The topological polar surface area (TPSA) is 269 Å². The predicted octanol–water partition coefficient (Wildman–Crippen LogP) is 6.69. The number of aliphatic hydroxyl groups excluding tert-OH is 1. The second kappa shape index (κ2) is 97.9. The van der Waals surface area contributed by atoms with E-state index in [1.54, 1.807) is 0 Å². The monoisotopic (exact) mass is 1460 g/mol. The molecule has 0 spiro atoms. The van der Waals surface area contributed by atoms with Crippen LogP contribution in [0.15, 0.2) is 0 Å². The number of aliphatic hydroxyl groups is 1. The minimum absolute atomic E-state index is 0.0175. The quantitative estimate of drug-likeness (QED) is 0.0621. The summed E-state index contributed by atoms with van der Waals surface area (Å²) in [5.41, 5.74) is 0. The molecule has 0 aliphatic rings. The van der Waals surface area contributed by atoms with E-state index in [0.29, 0.717) is 350 Å². The van der Waals surface area contributed by atoms with Crippen LogP contribution < -0.4 is 0 Å². The highest BCUT2D eigenvalue weighted by Crippen LogP contribution is 2.14. The summed E-state index contributed by atoms with van der Waals surface area (Å²) in [6.45, 7) is 29.4. The summed E-state index contributed by atoms with van der Waals surface area (Å²) in [7, 11) is 0. The Hall–Kier alpha value is -1.12. The predicted molar refractivity (Wildman–Crippen MR) is 379 cm³/mol. The van der Waals surface area contributed by atoms with Gasteiger partial charge in [-0.2, -0.15) is 0 Å². The van der Waals surface area contributed by atoms with Gasteiger partial charge < -0.3 is 133 Å². The summed E-state index contributed by atoms with van der Waals surface area (Å²) in [5.74, 6) is 0. The summed E-state index contributed by atoms with van der Waals surface area (Å²) in [4.78, 5) is 0. The van der Waals surface area contributed by atoms with Gasteiger partial charge in [-0.3, -0.25) is 0 Å². The molecule has 0 fully saturated rings. The fraction of sp³-hybridized carbons (Fsp3) is 1.00. The lowest BCUT2D eigenvalue weighted by molar-refractivity contribution is -0.0323. The maximum Gasteiger partial charge on any atom is 0.0701 e. The summed E-state index contributed by atoms with van der Waals surface area (Å²) in [6, 6.07) is 0. The largest absolute Gasteiger partial charge is 0.394 e. The first kappa shape index (κ1) is 98.9. The van der Waals surface area contributed by atoms with E-state index in [2.05, 4.69) is 6.92 Å². The van der Waals surface area contributed by atoms with Crippen molar-refractivity contribution in [2.75, 3.05) is 363 Å². The molecule has 100 heavy (non-hydrogen) atoms. The molecular formula is C72H146O28. The van der Waals surface area contributed by atoms with Crippen LogP contribution in [0.25, 0.3) is 0 Å². The molecule has 0 aromatic rings. The molecule has 0 aliphatic carbocycles. The van der Waals surface area contributed by atoms with Crippen molar-refractivity contribution in [1.29, 1.82) is 0 Å². The lowest BCUT2D eigenvalue weighted by atomic mass is 10.0. The van der Waals surface area contributed by atoms with Gasteiger partial charge in [-0.15, -0.1) is 0 Å². The molecule has 602 valence electrons. The molecule has 0 aromatic carbocycles. The highest BCUT2D eigenvalue weighted by atomic mass is 16.6. The molecule has 0 aromatic heterocycles. The van der Waals surface area contributed by atoms with Crippen molar-refractivity contribution in [2.45, 2.75) is 110 Å². The summed E-state index contributed by atoms with van der Waals surface area (Å²) >= 11 is 0. The zero-order valence-electron chi connectivity index (χ0n) is 62.7. The highest BCUT2D eigenvalue weighted by Gasteiger charge is 2.03. The zero-order valence-corrected chi connectivity index (χ0v) is 62.7. The number of unbranched alkanes of at least 4 members (excludes halogenated alkanes) is 15. The molecule has 0 saturated carbocycles. The number of hydrogen-bond acceptors (Lipinski definition) is 28. The van der Waals surface area contributed by atoms with Gasteiger partial charge in [-0.05, 0) is 6.42 Å². The van der Waals surface area contributed by atoms with Crippen molar-refractivity contribution in [3.63, 3.8) is 0 Å². The lowest BCUT2D eigenvalue weighted by Crippen LogP contribution is -2.16. The Morgan fingerprint density at radius 3 is 0.310 bits per heavy atom. The minimum Gasteiger partial charge on any atom is -0.394 e. The van der Waals surface area contributed by atoms with Crippen molar-refractivity contribution in [3.05, 3.63) is 0 Å². The van der Waals surface area contributed by atoms with Crippen LogP contribution in [0.5, 0.6) is 0 Å². The van der Waals surface area contributed by atoms with Gasteiger partial charge in [-0.25, -0.2) is 0 Å². The molecule has 28 nitrogen and oxygen atoms in total. The zero-order chi connectivity index (χ0) is 71.3. The van der Waals surface area contributed by atoms with Crippen molar-refractivity contribution in [1.82, 2.24) is 0 Å². The number of rotatable bonds is 97. The smallest absolute Gasteiger partial charge is 0.0701 e. The van der Waals surface area contributed by atoms with Crippen LogP contribution in [0.1, 0.15) is 110 Å². The van der Waals surface area contributed by atoms with E-state index in [-0.39, 0.29) is 6.61 Å². The van der Waals surface area contributed by atoms with E-state index < -0.39 is 0 Å². The molecule has 0 heterocycles. The molecule has 28 heteroatoms. The molecule has 0 bridgehead atoms. The van der Waals surface area contributed by atoms with Gasteiger partial charge in [-0.1, -0.05) is 103 Å². The fourth-order valence-corrected chi connectivity index (χ4v) is 8.64. The first-order chi connectivity index (χ1) is 49.9. The van der Waals surface area contributed by atoms with Gasteiger partial charge in [0.1, 0.15) is 0 Å². The minimum atomic E-state index is 0.0175. The number of ether oxygens (including phenoxy) is 27.